The van der Waals surface area contributed by atoms with E-state index in [0.717, 1.165) is 40.2 Å². The molecule has 1 aromatic heterocycles. The molecule has 2 nitrogen and oxygen atoms in total. The van der Waals surface area contributed by atoms with Crippen molar-refractivity contribution in [2.45, 2.75) is 26.8 Å². The number of nitrogens with zero attached hydrogens (tertiary/aromatic N) is 1. The van der Waals surface area contributed by atoms with Crippen molar-refractivity contribution < 1.29 is 4.79 Å². The topological polar surface area (TPSA) is 22.0 Å². The number of carbonyl (C=O) groups excluding carboxylic acids is 1. The second kappa shape index (κ2) is 5.40. The number of aryl methyl sites for hydroxylation is 2. The summed E-state index contributed by atoms with van der Waals surface area (Å²) in [4.78, 5) is 11.2. The number of halogens is 1. The van der Waals surface area contributed by atoms with Crippen molar-refractivity contribution in [3.63, 3.8) is 0 Å². The Morgan fingerprint density at radius 1 is 1.33 bits per heavy atom. The zero-order valence-corrected chi connectivity index (χ0v) is 11.4. The number of benzene rings is 1. The Morgan fingerprint density at radius 2 is 2.11 bits per heavy atom. The molecule has 0 aliphatic carbocycles. The minimum atomic E-state index is 0.681. The Bertz CT molecular complexity index is 572. The molecule has 0 aliphatic heterocycles. The van der Waals surface area contributed by atoms with E-state index in [-0.39, 0.29) is 0 Å². The molecule has 0 bridgehead atoms. The zero-order chi connectivity index (χ0) is 13.1. The standard InChI is InChI=1S/C15H16ClNO/c1-3-13-7-11(2)17(15(13)10-18)9-12-5-4-6-14(16)8-12/h4-8,10H,3,9H2,1-2H3. The average Bonchev–Trinajstić information content (AvgIpc) is 2.66. The van der Waals surface area contributed by atoms with Crippen LogP contribution >= 0.6 is 11.6 Å². The molecule has 0 fully saturated rings. The van der Waals surface area contributed by atoms with Gasteiger partial charge in [0.25, 0.3) is 0 Å². The first-order chi connectivity index (χ1) is 8.65. The molecule has 0 unspecified atom stereocenters. The van der Waals surface area contributed by atoms with Crippen molar-refractivity contribution in [3.8, 4) is 0 Å². The van der Waals surface area contributed by atoms with Crippen LogP contribution in [0.5, 0.6) is 0 Å². The van der Waals surface area contributed by atoms with E-state index in [1.54, 1.807) is 0 Å². The molecule has 0 atom stereocenters. The van der Waals surface area contributed by atoms with Crippen LogP contribution < -0.4 is 0 Å². The Hall–Kier alpha value is -1.54. The monoisotopic (exact) mass is 261 g/mol. The fourth-order valence-corrected chi connectivity index (χ4v) is 2.43. The minimum absolute atomic E-state index is 0.681. The summed E-state index contributed by atoms with van der Waals surface area (Å²) in [5.41, 5.74) is 4.08. The summed E-state index contributed by atoms with van der Waals surface area (Å²) in [6.07, 6.45) is 1.81. The third kappa shape index (κ3) is 2.49. The quantitative estimate of drug-likeness (QED) is 0.766. The highest BCUT2D eigenvalue weighted by atomic mass is 35.5. The number of carbonyl (C=O) groups is 1. The van der Waals surface area contributed by atoms with Gasteiger partial charge in [0.05, 0.1) is 5.69 Å². The predicted molar refractivity (Wildman–Crippen MR) is 74.5 cm³/mol. The van der Waals surface area contributed by atoms with Crippen LogP contribution in [-0.4, -0.2) is 10.9 Å². The van der Waals surface area contributed by atoms with Crippen LogP contribution in [0.25, 0.3) is 0 Å². The van der Waals surface area contributed by atoms with Crippen LogP contribution in [0.3, 0.4) is 0 Å². The summed E-state index contributed by atoms with van der Waals surface area (Å²) in [5.74, 6) is 0. The van der Waals surface area contributed by atoms with Crippen molar-refractivity contribution >= 4 is 17.9 Å². The van der Waals surface area contributed by atoms with E-state index in [9.17, 15) is 4.79 Å². The second-order valence-corrected chi connectivity index (χ2v) is 4.82. The van der Waals surface area contributed by atoms with Crippen LogP contribution in [0.1, 0.15) is 34.2 Å². The molecular weight excluding hydrogens is 246 g/mol. The maximum atomic E-state index is 11.2. The second-order valence-electron chi connectivity index (χ2n) is 4.38. The van der Waals surface area contributed by atoms with Crippen LogP contribution in [0, 0.1) is 6.92 Å². The lowest BCUT2D eigenvalue weighted by Gasteiger charge is -2.09. The van der Waals surface area contributed by atoms with E-state index in [4.69, 9.17) is 11.6 Å². The van der Waals surface area contributed by atoms with Crippen molar-refractivity contribution in [2.75, 3.05) is 0 Å². The summed E-state index contributed by atoms with van der Waals surface area (Å²) < 4.78 is 2.04. The SMILES string of the molecule is CCc1cc(C)n(Cc2cccc(Cl)c2)c1C=O. The smallest absolute Gasteiger partial charge is 0.166 e. The number of aldehydes is 1. The van der Waals surface area contributed by atoms with E-state index >= 15 is 0 Å². The fourth-order valence-electron chi connectivity index (χ4n) is 2.22. The van der Waals surface area contributed by atoms with Gasteiger partial charge in [-0.15, -0.1) is 0 Å². The lowest BCUT2D eigenvalue weighted by Crippen LogP contribution is -2.06. The van der Waals surface area contributed by atoms with Crippen LogP contribution in [0.4, 0.5) is 0 Å². The Balaban J connectivity index is 2.39. The van der Waals surface area contributed by atoms with E-state index in [1.807, 2.05) is 35.8 Å². The molecule has 0 spiro atoms. The van der Waals surface area contributed by atoms with Gasteiger partial charge in [-0.3, -0.25) is 4.79 Å². The molecule has 18 heavy (non-hydrogen) atoms. The van der Waals surface area contributed by atoms with Gasteiger partial charge < -0.3 is 4.57 Å². The van der Waals surface area contributed by atoms with Crippen LogP contribution in [0.2, 0.25) is 5.02 Å². The highest BCUT2D eigenvalue weighted by Gasteiger charge is 2.11. The predicted octanol–water partition coefficient (Wildman–Crippen LogP) is 3.87. The molecule has 2 rings (SSSR count). The first-order valence-corrected chi connectivity index (χ1v) is 6.42. The van der Waals surface area contributed by atoms with Gasteiger partial charge in [0.2, 0.25) is 0 Å². The molecule has 0 aliphatic rings. The van der Waals surface area contributed by atoms with E-state index < -0.39 is 0 Å². The van der Waals surface area contributed by atoms with E-state index in [2.05, 4.69) is 13.0 Å². The van der Waals surface area contributed by atoms with Gasteiger partial charge in [0.15, 0.2) is 6.29 Å². The molecule has 1 aromatic carbocycles. The van der Waals surface area contributed by atoms with Crippen molar-refractivity contribution in [1.29, 1.82) is 0 Å². The minimum Gasteiger partial charge on any atom is -0.338 e. The molecule has 0 radical (unpaired) electrons. The molecule has 94 valence electrons. The van der Waals surface area contributed by atoms with E-state index in [1.165, 1.54) is 0 Å². The third-order valence-corrected chi connectivity index (χ3v) is 3.39. The largest absolute Gasteiger partial charge is 0.338 e. The van der Waals surface area contributed by atoms with Gasteiger partial charge in [-0.25, -0.2) is 0 Å². The first-order valence-electron chi connectivity index (χ1n) is 6.04. The lowest BCUT2D eigenvalue weighted by atomic mass is 10.2. The zero-order valence-electron chi connectivity index (χ0n) is 10.6. The number of hydrogen-bond donors (Lipinski definition) is 0. The summed E-state index contributed by atoms with van der Waals surface area (Å²) in [7, 11) is 0. The number of hydrogen-bond acceptors (Lipinski definition) is 1. The summed E-state index contributed by atoms with van der Waals surface area (Å²) >= 11 is 5.98. The van der Waals surface area contributed by atoms with E-state index in [0.29, 0.717) is 6.54 Å². The maximum absolute atomic E-state index is 11.2. The molecule has 1 heterocycles. The molecule has 0 saturated heterocycles. The van der Waals surface area contributed by atoms with Crippen molar-refractivity contribution in [1.82, 2.24) is 4.57 Å². The highest BCUT2D eigenvalue weighted by molar-refractivity contribution is 6.30. The van der Waals surface area contributed by atoms with Gasteiger partial charge in [-0.2, -0.15) is 0 Å². The third-order valence-electron chi connectivity index (χ3n) is 3.15. The average molecular weight is 262 g/mol. The van der Waals surface area contributed by atoms with Crippen LogP contribution in [-0.2, 0) is 13.0 Å². The number of rotatable bonds is 4. The molecule has 3 heteroatoms. The Kier molecular flexibility index (Phi) is 3.87. The normalized spacial score (nSPS) is 10.6. The number of aromatic nitrogens is 1. The first kappa shape index (κ1) is 12.9. The lowest BCUT2D eigenvalue weighted by molar-refractivity contribution is 0.111. The molecule has 0 saturated carbocycles. The molecule has 0 amide bonds. The summed E-state index contributed by atoms with van der Waals surface area (Å²) in [5, 5.41) is 0.723. The Morgan fingerprint density at radius 3 is 2.72 bits per heavy atom. The molecule has 0 N–H and O–H groups in total. The maximum Gasteiger partial charge on any atom is 0.166 e. The van der Waals surface area contributed by atoms with Gasteiger partial charge in [-0.05, 0) is 42.7 Å². The summed E-state index contributed by atoms with van der Waals surface area (Å²) in [6.45, 7) is 4.77. The Labute approximate surface area is 112 Å². The highest BCUT2D eigenvalue weighted by Crippen LogP contribution is 2.18. The van der Waals surface area contributed by atoms with Gasteiger partial charge in [0, 0.05) is 17.3 Å². The van der Waals surface area contributed by atoms with Crippen molar-refractivity contribution in [3.05, 3.63) is 57.9 Å². The van der Waals surface area contributed by atoms with Gasteiger partial charge >= 0.3 is 0 Å². The summed E-state index contributed by atoms with van der Waals surface area (Å²) in [6, 6.07) is 9.81. The molecular formula is C15H16ClNO. The fraction of sp³-hybridized carbons (Fsp3) is 0.267. The molecule has 2 aromatic rings. The van der Waals surface area contributed by atoms with Gasteiger partial charge in [-0.1, -0.05) is 30.7 Å². The van der Waals surface area contributed by atoms with Crippen molar-refractivity contribution in [2.24, 2.45) is 0 Å². The van der Waals surface area contributed by atoms with Gasteiger partial charge in [0.1, 0.15) is 0 Å². The van der Waals surface area contributed by atoms with Crippen LogP contribution in [0.15, 0.2) is 30.3 Å².